The van der Waals surface area contributed by atoms with Gasteiger partial charge in [0, 0.05) is 34.6 Å². The summed E-state index contributed by atoms with van der Waals surface area (Å²) in [5, 5.41) is 12.9. The van der Waals surface area contributed by atoms with Gasteiger partial charge >= 0.3 is 5.69 Å². The number of nitrogens with zero attached hydrogens (tertiary/aromatic N) is 3. The van der Waals surface area contributed by atoms with Crippen LogP contribution in [0.2, 0.25) is 15.1 Å². The minimum Gasteiger partial charge on any atom is -0.325 e. The van der Waals surface area contributed by atoms with Crippen molar-refractivity contribution in [2.24, 2.45) is 0 Å². The number of carbonyl (C=O) groups is 1. The molecule has 2 aromatic heterocycles. The molecule has 9 nitrogen and oxygen atoms in total. The van der Waals surface area contributed by atoms with E-state index in [1.165, 1.54) is 6.07 Å². The number of aromatic nitrogens is 5. The zero-order valence-corrected chi connectivity index (χ0v) is 20.2. The van der Waals surface area contributed by atoms with Gasteiger partial charge in [-0.15, -0.1) is 10.2 Å². The van der Waals surface area contributed by atoms with E-state index >= 15 is 0 Å². The highest BCUT2D eigenvalue weighted by Crippen LogP contribution is 2.26. The second-order valence-corrected chi connectivity index (χ2v) is 9.16. The summed E-state index contributed by atoms with van der Waals surface area (Å²) in [5.74, 6) is 0.207. The molecule has 0 aliphatic carbocycles. The van der Waals surface area contributed by atoms with E-state index < -0.39 is 11.2 Å². The summed E-state index contributed by atoms with van der Waals surface area (Å²) in [7, 11) is 0. The molecule has 2 aromatic carbocycles. The van der Waals surface area contributed by atoms with Crippen molar-refractivity contribution < 1.29 is 4.79 Å². The number of nitrogens with one attached hydrogen (secondary N) is 3. The van der Waals surface area contributed by atoms with Crippen molar-refractivity contribution in [1.82, 2.24) is 24.7 Å². The van der Waals surface area contributed by atoms with Gasteiger partial charge in [0.05, 0.1) is 15.8 Å². The first-order chi connectivity index (χ1) is 16.3. The highest BCUT2D eigenvalue weighted by molar-refractivity contribution is 7.99. The van der Waals surface area contributed by atoms with E-state index in [0.717, 1.165) is 11.8 Å². The average Bonchev–Trinajstić information content (AvgIpc) is 3.17. The Morgan fingerprint density at radius 2 is 1.74 bits per heavy atom. The molecule has 0 unspecified atom stereocenters. The van der Waals surface area contributed by atoms with Crippen LogP contribution in [0.1, 0.15) is 11.5 Å². The van der Waals surface area contributed by atoms with Crippen LogP contribution in [0.4, 0.5) is 5.69 Å². The lowest BCUT2D eigenvalue weighted by Gasteiger charge is -2.11. The number of benzene rings is 2. The molecule has 174 valence electrons. The third kappa shape index (κ3) is 5.89. The lowest BCUT2D eigenvalue weighted by molar-refractivity contribution is -0.113. The number of rotatable bonds is 7. The van der Waals surface area contributed by atoms with E-state index in [9.17, 15) is 14.4 Å². The van der Waals surface area contributed by atoms with Crippen molar-refractivity contribution in [1.29, 1.82) is 0 Å². The molecule has 0 spiro atoms. The second-order valence-electron chi connectivity index (χ2n) is 6.97. The Morgan fingerprint density at radius 3 is 2.44 bits per heavy atom. The van der Waals surface area contributed by atoms with Gasteiger partial charge in [0.2, 0.25) is 5.91 Å². The van der Waals surface area contributed by atoms with Crippen molar-refractivity contribution in [3.8, 4) is 5.69 Å². The van der Waals surface area contributed by atoms with Gasteiger partial charge < -0.3 is 10.3 Å². The molecule has 34 heavy (non-hydrogen) atoms. The average molecular weight is 538 g/mol. The van der Waals surface area contributed by atoms with Crippen LogP contribution < -0.4 is 16.6 Å². The van der Waals surface area contributed by atoms with Crippen molar-refractivity contribution in [3.05, 3.63) is 96.0 Å². The maximum Gasteiger partial charge on any atom is 0.325 e. The summed E-state index contributed by atoms with van der Waals surface area (Å²) in [6, 6.07) is 13.0. The summed E-state index contributed by atoms with van der Waals surface area (Å²) in [6.45, 7) is 0. The standard InChI is InChI=1S/C21H15Cl3N6O3S/c22-11-1-4-14(5-2-11)30-17(8-13-9-18(31)27-20(33)26-13)28-29-21(30)34-10-19(32)25-12-3-6-15(23)16(24)7-12/h1-7,9H,8,10H2,(H,25,32)(H2,26,27,31,33). The first kappa shape index (κ1) is 24.1. The summed E-state index contributed by atoms with van der Waals surface area (Å²) in [6.07, 6.45) is 0.130. The molecule has 2 heterocycles. The maximum atomic E-state index is 12.5. The highest BCUT2D eigenvalue weighted by atomic mass is 35.5. The van der Waals surface area contributed by atoms with Crippen molar-refractivity contribution >= 4 is 58.2 Å². The van der Waals surface area contributed by atoms with Crippen LogP contribution >= 0.6 is 46.6 Å². The van der Waals surface area contributed by atoms with Gasteiger partial charge in [0.25, 0.3) is 5.56 Å². The molecular weight excluding hydrogens is 523 g/mol. The van der Waals surface area contributed by atoms with Gasteiger partial charge in [-0.05, 0) is 42.5 Å². The molecule has 4 aromatic rings. The van der Waals surface area contributed by atoms with Crippen LogP contribution in [-0.2, 0) is 11.2 Å². The molecule has 3 N–H and O–H groups in total. The van der Waals surface area contributed by atoms with Crippen LogP contribution in [0.5, 0.6) is 0 Å². The predicted molar refractivity (Wildman–Crippen MR) is 133 cm³/mol. The second kappa shape index (κ2) is 10.5. The zero-order valence-electron chi connectivity index (χ0n) is 17.1. The Hall–Kier alpha value is -3.05. The molecule has 0 aliphatic rings. The smallest absolute Gasteiger partial charge is 0.325 e. The number of halogens is 3. The van der Waals surface area contributed by atoms with Gasteiger partial charge in [0.1, 0.15) is 5.82 Å². The van der Waals surface area contributed by atoms with Crippen LogP contribution in [-0.4, -0.2) is 36.4 Å². The topological polar surface area (TPSA) is 126 Å². The molecule has 0 atom stereocenters. The molecule has 1 amide bonds. The van der Waals surface area contributed by atoms with E-state index in [-0.39, 0.29) is 18.1 Å². The quantitative estimate of drug-likeness (QED) is 0.307. The van der Waals surface area contributed by atoms with Crippen molar-refractivity contribution in [2.75, 3.05) is 11.1 Å². The number of aromatic amines is 2. The Morgan fingerprint density at radius 1 is 0.971 bits per heavy atom. The largest absolute Gasteiger partial charge is 0.325 e. The third-order valence-corrected chi connectivity index (χ3v) is 6.41. The monoisotopic (exact) mass is 536 g/mol. The van der Waals surface area contributed by atoms with Crippen molar-refractivity contribution in [2.45, 2.75) is 11.6 Å². The molecule has 0 bridgehead atoms. The fourth-order valence-corrected chi connectivity index (χ4v) is 4.24. The van der Waals surface area contributed by atoms with Gasteiger partial charge in [0.15, 0.2) is 5.16 Å². The maximum absolute atomic E-state index is 12.5. The summed E-state index contributed by atoms with van der Waals surface area (Å²) >= 11 is 19.1. The number of anilines is 1. The Bertz CT molecular complexity index is 1440. The van der Waals surface area contributed by atoms with E-state index in [0.29, 0.717) is 43.1 Å². The van der Waals surface area contributed by atoms with Crippen LogP contribution in [0.25, 0.3) is 5.69 Å². The fraction of sp³-hybridized carbons (Fsp3) is 0.0952. The van der Waals surface area contributed by atoms with E-state index in [1.807, 2.05) is 0 Å². The summed E-state index contributed by atoms with van der Waals surface area (Å²) < 4.78 is 1.73. The number of carbonyl (C=O) groups excluding carboxylic acids is 1. The normalized spacial score (nSPS) is 10.9. The summed E-state index contributed by atoms with van der Waals surface area (Å²) in [4.78, 5) is 40.5. The SMILES string of the molecule is O=C(CSc1nnc(Cc2cc(=O)[nH]c(=O)[nH]2)n1-c1ccc(Cl)cc1)Nc1ccc(Cl)c(Cl)c1. The fourth-order valence-electron chi connectivity index (χ4n) is 3.04. The molecule has 0 radical (unpaired) electrons. The molecular formula is C21H15Cl3N6O3S. The number of amides is 1. The Labute approximate surface area is 211 Å². The van der Waals surface area contributed by atoms with Crippen molar-refractivity contribution in [3.63, 3.8) is 0 Å². The van der Waals surface area contributed by atoms with E-state index in [2.05, 4.69) is 25.5 Å². The number of hydrogen-bond donors (Lipinski definition) is 3. The van der Waals surface area contributed by atoms with Crippen LogP contribution in [0, 0.1) is 0 Å². The van der Waals surface area contributed by atoms with Gasteiger partial charge in [-0.25, -0.2) is 4.79 Å². The molecule has 0 saturated heterocycles. The number of H-pyrrole nitrogens is 2. The molecule has 0 aliphatic heterocycles. The lowest BCUT2D eigenvalue weighted by atomic mass is 10.2. The molecule has 4 rings (SSSR count). The number of hydrogen-bond acceptors (Lipinski definition) is 6. The first-order valence-corrected chi connectivity index (χ1v) is 11.8. The Balaban J connectivity index is 1.58. The van der Waals surface area contributed by atoms with Crippen LogP contribution in [0.15, 0.2) is 63.3 Å². The third-order valence-electron chi connectivity index (χ3n) is 4.49. The Kier molecular flexibility index (Phi) is 7.42. The minimum atomic E-state index is -0.617. The van der Waals surface area contributed by atoms with E-state index in [1.54, 1.807) is 47.0 Å². The van der Waals surface area contributed by atoms with Gasteiger partial charge in [-0.1, -0.05) is 46.6 Å². The minimum absolute atomic E-state index is 0.0355. The highest BCUT2D eigenvalue weighted by Gasteiger charge is 2.17. The number of thioether (sulfide) groups is 1. The van der Waals surface area contributed by atoms with Crippen LogP contribution in [0.3, 0.4) is 0 Å². The van der Waals surface area contributed by atoms with Gasteiger partial charge in [-0.3, -0.25) is 19.1 Å². The first-order valence-electron chi connectivity index (χ1n) is 9.69. The molecule has 0 saturated carbocycles. The molecule has 0 fully saturated rings. The van der Waals surface area contributed by atoms with Gasteiger partial charge in [-0.2, -0.15) is 0 Å². The van der Waals surface area contributed by atoms with E-state index in [4.69, 9.17) is 34.8 Å². The predicted octanol–water partition coefficient (Wildman–Crippen LogP) is 3.93. The molecule has 13 heteroatoms. The zero-order chi connectivity index (χ0) is 24.2. The lowest BCUT2D eigenvalue weighted by Crippen LogP contribution is -2.23. The summed E-state index contributed by atoms with van der Waals surface area (Å²) in [5.41, 5.74) is 0.436.